The minimum atomic E-state index is 0.507. The van der Waals surface area contributed by atoms with E-state index in [1.54, 1.807) is 22.9 Å². The van der Waals surface area contributed by atoms with Crippen molar-refractivity contribution in [1.29, 1.82) is 0 Å². The first-order chi connectivity index (χ1) is 5.25. The average molecular weight is 168 g/mol. The summed E-state index contributed by atoms with van der Waals surface area (Å²) in [6.45, 7) is 0. The Bertz CT molecular complexity index is 393. The monoisotopic (exact) mass is 167 g/mol. The van der Waals surface area contributed by atoms with Gasteiger partial charge in [-0.25, -0.2) is 4.98 Å². The number of imidazole rings is 1. The lowest BCUT2D eigenvalue weighted by Crippen LogP contribution is -1.80. The van der Waals surface area contributed by atoms with Crippen molar-refractivity contribution in [2.75, 3.05) is 5.73 Å². The van der Waals surface area contributed by atoms with Gasteiger partial charge in [-0.15, -0.1) is 0 Å². The SMILES string of the molecule is Nc1cn2cc(Cl)ccc2n1. The van der Waals surface area contributed by atoms with Gasteiger partial charge in [-0.1, -0.05) is 11.6 Å². The zero-order valence-corrected chi connectivity index (χ0v) is 6.42. The normalized spacial score (nSPS) is 10.6. The molecule has 0 aliphatic heterocycles. The van der Waals surface area contributed by atoms with Crippen molar-refractivity contribution in [3.8, 4) is 0 Å². The van der Waals surface area contributed by atoms with Crippen LogP contribution in [0.1, 0.15) is 0 Å². The van der Waals surface area contributed by atoms with Crippen LogP contribution in [0.15, 0.2) is 24.5 Å². The molecule has 2 N–H and O–H groups in total. The Kier molecular flexibility index (Phi) is 1.26. The van der Waals surface area contributed by atoms with E-state index in [9.17, 15) is 0 Å². The van der Waals surface area contributed by atoms with E-state index in [0.717, 1.165) is 5.65 Å². The summed E-state index contributed by atoms with van der Waals surface area (Å²) >= 11 is 5.74. The molecule has 0 radical (unpaired) electrons. The molecule has 0 fully saturated rings. The smallest absolute Gasteiger partial charge is 0.142 e. The molecule has 11 heavy (non-hydrogen) atoms. The first-order valence-electron chi connectivity index (χ1n) is 3.15. The Balaban J connectivity index is 2.82. The van der Waals surface area contributed by atoms with Crippen LogP contribution < -0.4 is 5.73 Å². The Labute approximate surface area is 68.4 Å². The fourth-order valence-corrected chi connectivity index (χ4v) is 1.15. The van der Waals surface area contributed by atoms with Gasteiger partial charge in [0, 0.05) is 6.20 Å². The van der Waals surface area contributed by atoms with Crippen molar-refractivity contribution in [1.82, 2.24) is 9.38 Å². The zero-order chi connectivity index (χ0) is 7.84. The molecule has 4 heteroatoms. The molecule has 2 aromatic heterocycles. The summed E-state index contributed by atoms with van der Waals surface area (Å²) in [7, 11) is 0. The van der Waals surface area contributed by atoms with E-state index in [-0.39, 0.29) is 0 Å². The third kappa shape index (κ3) is 1.03. The topological polar surface area (TPSA) is 43.3 Å². The van der Waals surface area contributed by atoms with Crippen LogP contribution in [-0.2, 0) is 0 Å². The van der Waals surface area contributed by atoms with Crippen LogP contribution in [0.25, 0.3) is 5.65 Å². The van der Waals surface area contributed by atoms with Gasteiger partial charge in [0.15, 0.2) is 0 Å². The van der Waals surface area contributed by atoms with E-state index >= 15 is 0 Å². The van der Waals surface area contributed by atoms with Gasteiger partial charge < -0.3 is 10.1 Å². The van der Waals surface area contributed by atoms with Gasteiger partial charge in [0.1, 0.15) is 11.5 Å². The predicted molar refractivity (Wildman–Crippen MR) is 44.6 cm³/mol. The molecular weight excluding hydrogens is 162 g/mol. The standard InChI is InChI=1S/C7H6ClN3/c8-5-1-2-7-10-6(9)4-11(7)3-5/h1-4H,9H2. The fourth-order valence-electron chi connectivity index (χ4n) is 0.984. The molecule has 0 unspecified atom stereocenters. The molecule has 0 aliphatic carbocycles. The van der Waals surface area contributed by atoms with Gasteiger partial charge in [-0.3, -0.25) is 0 Å². The fraction of sp³-hybridized carbons (Fsp3) is 0. The number of aromatic nitrogens is 2. The number of fused-ring (bicyclic) bond motifs is 1. The van der Waals surface area contributed by atoms with Crippen molar-refractivity contribution >= 4 is 23.1 Å². The lowest BCUT2D eigenvalue weighted by molar-refractivity contribution is 1.19. The van der Waals surface area contributed by atoms with Crippen LogP contribution in [0.3, 0.4) is 0 Å². The molecule has 0 bridgehead atoms. The van der Waals surface area contributed by atoms with Crippen LogP contribution in [0, 0.1) is 0 Å². The van der Waals surface area contributed by atoms with Crippen molar-refractivity contribution in [3.05, 3.63) is 29.5 Å². The molecule has 0 aliphatic rings. The van der Waals surface area contributed by atoms with Gasteiger partial charge in [-0.2, -0.15) is 0 Å². The number of nitrogens with zero attached hydrogens (tertiary/aromatic N) is 2. The van der Waals surface area contributed by atoms with E-state index in [4.69, 9.17) is 17.3 Å². The molecule has 0 aromatic carbocycles. The molecule has 0 saturated heterocycles. The quantitative estimate of drug-likeness (QED) is 0.647. The van der Waals surface area contributed by atoms with Crippen LogP contribution in [0.4, 0.5) is 5.82 Å². The lowest BCUT2D eigenvalue weighted by Gasteiger charge is -1.91. The Morgan fingerprint density at radius 3 is 3.00 bits per heavy atom. The van der Waals surface area contributed by atoms with Crippen LogP contribution >= 0.6 is 11.6 Å². The highest BCUT2D eigenvalue weighted by Gasteiger charge is 1.96. The predicted octanol–water partition coefficient (Wildman–Crippen LogP) is 1.57. The Morgan fingerprint density at radius 1 is 1.36 bits per heavy atom. The number of rotatable bonds is 0. The van der Waals surface area contributed by atoms with Crippen LogP contribution in [-0.4, -0.2) is 9.38 Å². The maximum atomic E-state index is 5.74. The number of hydrogen-bond donors (Lipinski definition) is 1. The lowest BCUT2D eigenvalue weighted by atomic mass is 10.5. The molecule has 0 amide bonds. The van der Waals surface area contributed by atoms with Gasteiger partial charge in [0.25, 0.3) is 0 Å². The molecule has 0 saturated carbocycles. The van der Waals surface area contributed by atoms with Crippen molar-refractivity contribution in [3.63, 3.8) is 0 Å². The minimum absolute atomic E-state index is 0.507. The summed E-state index contributed by atoms with van der Waals surface area (Å²) in [6, 6.07) is 3.60. The van der Waals surface area contributed by atoms with E-state index in [1.807, 2.05) is 6.07 Å². The third-order valence-corrected chi connectivity index (χ3v) is 1.66. The average Bonchev–Trinajstić information content (AvgIpc) is 2.27. The van der Waals surface area contributed by atoms with E-state index in [0.29, 0.717) is 10.8 Å². The minimum Gasteiger partial charge on any atom is -0.382 e. The molecule has 56 valence electrons. The third-order valence-electron chi connectivity index (χ3n) is 1.43. The van der Waals surface area contributed by atoms with Crippen molar-refractivity contribution < 1.29 is 0 Å². The molecule has 0 spiro atoms. The van der Waals surface area contributed by atoms with Crippen LogP contribution in [0.5, 0.6) is 0 Å². The molecule has 2 aromatic rings. The largest absolute Gasteiger partial charge is 0.382 e. The second-order valence-electron chi connectivity index (χ2n) is 2.28. The second kappa shape index (κ2) is 2.13. The molecule has 3 nitrogen and oxygen atoms in total. The van der Waals surface area contributed by atoms with Crippen LogP contribution in [0.2, 0.25) is 5.02 Å². The van der Waals surface area contributed by atoms with Crippen molar-refractivity contribution in [2.45, 2.75) is 0 Å². The van der Waals surface area contributed by atoms with Crippen molar-refractivity contribution in [2.24, 2.45) is 0 Å². The summed E-state index contributed by atoms with van der Waals surface area (Å²) in [5.74, 6) is 0.507. The maximum Gasteiger partial charge on any atom is 0.142 e. The Hall–Kier alpha value is -1.22. The number of halogens is 1. The highest BCUT2D eigenvalue weighted by atomic mass is 35.5. The molecule has 2 rings (SSSR count). The first kappa shape index (κ1) is 6.49. The molecule has 0 atom stereocenters. The van der Waals surface area contributed by atoms with E-state index in [2.05, 4.69) is 4.98 Å². The Morgan fingerprint density at radius 2 is 2.18 bits per heavy atom. The first-order valence-corrected chi connectivity index (χ1v) is 3.53. The number of nitrogen functional groups attached to an aromatic ring is 1. The summed E-state index contributed by atoms with van der Waals surface area (Å²) in [6.07, 6.45) is 3.49. The second-order valence-corrected chi connectivity index (χ2v) is 2.71. The highest BCUT2D eigenvalue weighted by molar-refractivity contribution is 6.30. The summed E-state index contributed by atoms with van der Waals surface area (Å²) in [5, 5.41) is 0.676. The number of anilines is 1. The molecular formula is C7H6ClN3. The van der Waals surface area contributed by atoms with Gasteiger partial charge >= 0.3 is 0 Å². The molecule has 2 heterocycles. The summed E-state index contributed by atoms with van der Waals surface area (Å²) < 4.78 is 1.79. The van der Waals surface area contributed by atoms with Gasteiger partial charge in [0.05, 0.1) is 11.2 Å². The number of nitrogens with two attached hydrogens (primary N) is 1. The number of pyridine rings is 1. The summed E-state index contributed by atoms with van der Waals surface area (Å²) in [4.78, 5) is 4.04. The highest BCUT2D eigenvalue weighted by Crippen LogP contribution is 2.11. The maximum absolute atomic E-state index is 5.74. The zero-order valence-electron chi connectivity index (χ0n) is 5.66. The van der Waals surface area contributed by atoms with Gasteiger partial charge in [-0.05, 0) is 12.1 Å². The van der Waals surface area contributed by atoms with E-state index < -0.39 is 0 Å². The number of hydrogen-bond acceptors (Lipinski definition) is 2. The van der Waals surface area contributed by atoms with Gasteiger partial charge in [0.2, 0.25) is 0 Å². The van der Waals surface area contributed by atoms with E-state index in [1.165, 1.54) is 0 Å². The summed E-state index contributed by atoms with van der Waals surface area (Å²) in [5.41, 5.74) is 6.28.